The first-order chi connectivity index (χ1) is 6.61. The van der Waals surface area contributed by atoms with Gasteiger partial charge in [0.25, 0.3) is 0 Å². The maximum absolute atomic E-state index is 11.3. The number of ether oxygens (including phenoxy) is 2. The van der Waals surface area contributed by atoms with Crippen LogP contribution in [-0.4, -0.2) is 25.8 Å². The van der Waals surface area contributed by atoms with E-state index in [1.54, 1.807) is 0 Å². The van der Waals surface area contributed by atoms with Crippen molar-refractivity contribution in [2.75, 3.05) is 13.7 Å². The summed E-state index contributed by atoms with van der Waals surface area (Å²) in [7, 11) is 1.40. The Hall–Kier alpha value is -0.570. The number of rotatable bonds is 7. The summed E-state index contributed by atoms with van der Waals surface area (Å²) in [5.74, 6) is 0.197. The molecule has 0 aliphatic heterocycles. The zero-order valence-electron chi connectivity index (χ0n) is 9.71. The second-order valence-electron chi connectivity index (χ2n) is 3.88. The molecule has 0 aromatic carbocycles. The van der Waals surface area contributed by atoms with Gasteiger partial charge in [0.2, 0.25) is 0 Å². The van der Waals surface area contributed by atoms with Crippen molar-refractivity contribution in [1.29, 1.82) is 0 Å². The van der Waals surface area contributed by atoms with E-state index in [1.807, 2.05) is 0 Å². The Labute approximate surface area is 86.8 Å². The number of carbonyl (C=O) groups is 1. The van der Waals surface area contributed by atoms with Crippen LogP contribution in [-0.2, 0) is 14.3 Å². The molecule has 1 unspecified atom stereocenters. The Morgan fingerprint density at radius 2 is 2.00 bits per heavy atom. The average Bonchev–Trinajstić information content (AvgIpc) is 2.16. The van der Waals surface area contributed by atoms with E-state index in [9.17, 15) is 4.79 Å². The first-order valence-corrected chi connectivity index (χ1v) is 5.31. The SMILES string of the molecule is CCCCC(OCC(C)C)C(=O)OC. The molecule has 0 aromatic heterocycles. The van der Waals surface area contributed by atoms with Gasteiger partial charge in [-0.1, -0.05) is 33.6 Å². The van der Waals surface area contributed by atoms with Gasteiger partial charge in [-0.25, -0.2) is 4.79 Å². The third-order valence-corrected chi connectivity index (χ3v) is 1.91. The predicted molar refractivity (Wildman–Crippen MR) is 56.1 cm³/mol. The highest BCUT2D eigenvalue weighted by Crippen LogP contribution is 2.08. The fraction of sp³-hybridized carbons (Fsp3) is 0.909. The van der Waals surface area contributed by atoms with E-state index in [2.05, 4.69) is 25.5 Å². The van der Waals surface area contributed by atoms with Gasteiger partial charge in [0.15, 0.2) is 6.10 Å². The third kappa shape index (κ3) is 5.97. The maximum atomic E-state index is 11.3. The highest BCUT2D eigenvalue weighted by Gasteiger charge is 2.19. The summed E-state index contributed by atoms with van der Waals surface area (Å²) in [6.45, 7) is 6.84. The molecule has 0 radical (unpaired) electrons. The van der Waals surface area contributed by atoms with Crippen LogP contribution in [0.4, 0.5) is 0 Å². The van der Waals surface area contributed by atoms with E-state index in [1.165, 1.54) is 7.11 Å². The molecule has 3 heteroatoms. The van der Waals surface area contributed by atoms with Gasteiger partial charge < -0.3 is 9.47 Å². The normalized spacial score (nSPS) is 12.9. The van der Waals surface area contributed by atoms with Crippen molar-refractivity contribution >= 4 is 5.97 Å². The molecule has 0 fully saturated rings. The van der Waals surface area contributed by atoms with Gasteiger partial charge in [0.05, 0.1) is 13.7 Å². The molecule has 0 aromatic rings. The van der Waals surface area contributed by atoms with Crippen LogP contribution < -0.4 is 0 Å². The predicted octanol–water partition coefficient (Wildman–Crippen LogP) is 2.39. The van der Waals surface area contributed by atoms with Gasteiger partial charge in [-0.15, -0.1) is 0 Å². The van der Waals surface area contributed by atoms with Crippen LogP contribution in [0.1, 0.15) is 40.0 Å². The fourth-order valence-corrected chi connectivity index (χ4v) is 1.10. The van der Waals surface area contributed by atoms with Gasteiger partial charge in [-0.3, -0.25) is 0 Å². The molecule has 0 rings (SSSR count). The number of esters is 1. The van der Waals surface area contributed by atoms with E-state index in [0.717, 1.165) is 19.3 Å². The molecular formula is C11H22O3. The molecule has 14 heavy (non-hydrogen) atoms. The topological polar surface area (TPSA) is 35.5 Å². The first kappa shape index (κ1) is 13.4. The van der Waals surface area contributed by atoms with Crippen LogP contribution in [0.3, 0.4) is 0 Å². The van der Waals surface area contributed by atoms with Gasteiger partial charge in [0.1, 0.15) is 0 Å². The van der Waals surface area contributed by atoms with E-state index in [-0.39, 0.29) is 12.1 Å². The Bertz CT molecular complexity index is 155. The molecule has 3 nitrogen and oxygen atoms in total. The molecule has 0 heterocycles. The van der Waals surface area contributed by atoms with Crippen molar-refractivity contribution in [3.05, 3.63) is 0 Å². The number of unbranched alkanes of at least 4 members (excludes halogenated alkanes) is 1. The van der Waals surface area contributed by atoms with Gasteiger partial charge in [-0.05, 0) is 12.3 Å². The second-order valence-corrected chi connectivity index (χ2v) is 3.88. The molecule has 0 bridgehead atoms. The molecule has 0 amide bonds. The molecule has 1 atom stereocenters. The van der Waals surface area contributed by atoms with Crippen LogP contribution in [0.5, 0.6) is 0 Å². The Balaban J connectivity index is 3.90. The number of methoxy groups -OCH3 is 1. The number of hydrogen-bond acceptors (Lipinski definition) is 3. The van der Waals surface area contributed by atoms with Gasteiger partial charge >= 0.3 is 5.97 Å². The second kappa shape index (κ2) is 7.80. The lowest BCUT2D eigenvalue weighted by Crippen LogP contribution is -2.27. The zero-order valence-corrected chi connectivity index (χ0v) is 9.71. The largest absolute Gasteiger partial charge is 0.467 e. The smallest absolute Gasteiger partial charge is 0.334 e. The summed E-state index contributed by atoms with van der Waals surface area (Å²) in [5.41, 5.74) is 0. The van der Waals surface area contributed by atoms with E-state index < -0.39 is 0 Å². The average molecular weight is 202 g/mol. The monoisotopic (exact) mass is 202 g/mol. The molecular weight excluding hydrogens is 180 g/mol. The molecule has 0 N–H and O–H groups in total. The molecule has 0 aliphatic rings. The van der Waals surface area contributed by atoms with Crippen molar-refractivity contribution in [3.63, 3.8) is 0 Å². The number of carbonyl (C=O) groups excluding carboxylic acids is 1. The molecule has 0 saturated heterocycles. The Morgan fingerprint density at radius 3 is 2.43 bits per heavy atom. The lowest BCUT2D eigenvalue weighted by atomic mass is 10.1. The lowest BCUT2D eigenvalue weighted by Gasteiger charge is -2.16. The standard InChI is InChI=1S/C11H22O3/c1-5-6-7-10(11(12)13-4)14-8-9(2)3/h9-10H,5-8H2,1-4H3. The van der Waals surface area contributed by atoms with Gasteiger partial charge in [-0.2, -0.15) is 0 Å². The van der Waals surface area contributed by atoms with E-state index in [0.29, 0.717) is 12.5 Å². The molecule has 0 spiro atoms. The summed E-state index contributed by atoms with van der Waals surface area (Å²) < 4.78 is 10.2. The molecule has 0 saturated carbocycles. The highest BCUT2D eigenvalue weighted by molar-refractivity contribution is 5.74. The van der Waals surface area contributed by atoms with Gasteiger partial charge in [0, 0.05) is 0 Å². The number of hydrogen-bond donors (Lipinski definition) is 0. The minimum atomic E-state index is -0.373. The van der Waals surface area contributed by atoms with E-state index in [4.69, 9.17) is 4.74 Å². The quantitative estimate of drug-likeness (QED) is 0.595. The fourth-order valence-electron chi connectivity index (χ4n) is 1.10. The maximum Gasteiger partial charge on any atom is 0.334 e. The summed E-state index contributed by atoms with van der Waals surface area (Å²) in [6, 6.07) is 0. The summed E-state index contributed by atoms with van der Waals surface area (Å²) in [4.78, 5) is 11.3. The summed E-state index contributed by atoms with van der Waals surface area (Å²) in [6.07, 6.45) is 2.45. The Kier molecular flexibility index (Phi) is 7.48. The van der Waals surface area contributed by atoms with Crippen LogP contribution in [0.25, 0.3) is 0 Å². The van der Waals surface area contributed by atoms with Crippen molar-refractivity contribution in [2.24, 2.45) is 5.92 Å². The van der Waals surface area contributed by atoms with Crippen molar-refractivity contribution in [3.8, 4) is 0 Å². The zero-order chi connectivity index (χ0) is 11.0. The van der Waals surface area contributed by atoms with Crippen molar-refractivity contribution in [2.45, 2.75) is 46.1 Å². The van der Waals surface area contributed by atoms with Crippen molar-refractivity contribution in [1.82, 2.24) is 0 Å². The lowest BCUT2D eigenvalue weighted by molar-refractivity contribution is -0.155. The highest BCUT2D eigenvalue weighted by atomic mass is 16.6. The Morgan fingerprint density at radius 1 is 1.36 bits per heavy atom. The first-order valence-electron chi connectivity index (χ1n) is 5.31. The van der Waals surface area contributed by atoms with Crippen LogP contribution in [0.2, 0.25) is 0 Å². The summed E-state index contributed by atoms with van der Waals surface area (Å²) >= 11 is 0. The van der Waals surface area contributed by atoms with Crippen LogP contribution in [0, 0.1) is 5.92 Å². The van der Waals surface area contributed by atoms with E-state index >= 15 is 0 Å². The van der Waals surface area contributed by atoms with Crippen molar-refractivity contribution < 1.29 is 14.3 Å². The third-order valence-electron chi connectivity index (χ3n) is 1.91. The minimum absolute atomic E-state index is 0.251. The molecule has 0 aliphatic carbocycles. The van der Waals surface area contributed by atoms with Crippen LogP contribution >= 0.6 is 0 Å². The molecule has 84 valence electrons. The van der Waals surface area contributed by atoms with Crippen LogP contribution in [0.15, 0.2) is 0 Å². The summed E-state index contributed by atoms with van der Waals surface area (Å²) in [5, 5.41) is 0. The minimum Gasteiger partial charge on any atom is -0.467 e.